The molecule has 2 rings (SSSR count). The van der Waals surface area contributed by atoms with Crippen LogP contribution in [0, 0.1) is 5.92 Å². The summed E-state index contributed by atoms with van der Waals surface area (Å²) in [5.41, 5.74) is 1.20. The molecule has 0 bridgehead atoms. The van der Waals surface area contributed by atoms with E-state index in [2.05, 4.69) is 0 Å². The van der Waals surface area contributed by atoms with Crippen LogP contribution in [0.5, 0.6) is 5.75 Å². The molecule has 2 aromatic carbocycles. The lowest BCUT2D eigenvalue weighted by Gasteiger charge is -2.11. The van der Waals surface area contributed by atoms with Crippen molar-refractivity contribution < 1.29 is 23.8 Å². The van der Waals surface area contributed by atoms with Crippen LogP contribution < -0.4 is 4.74 Å². The van der Waals surface area contributed by atoms with Gasteiger partial charge in [0.2, 0.25) is 0 Å². The summed E-state index contributed by atoms with van der Waals surface area (Å²) in [5.74, 6) is -0.190. The van der Waals surface area contributed by atoms with Gasteiger partial charge >= 0.3 is 11.9 Å². The van der Waals surface area contributed by atoms with E-state index >= 15 is 0 Å². The standard InChI is InChI=1S/C20H22O5/c1-14(2)12-24-19(21)17-9-4-5-10-18(17)20(22)25-13-15-7-6-8-16(11-15)23-3/h4-11,14H,12-13H2,1-3H3. The monoisotopic (exact) mass is 342 g/mol. The summed E-state index contributed by atoms with van der Waals surface area (Å²) >= 11 is 0. The van der Waals surface area contributed by atoms with E-state index in [1.54, 1.807) is 37.4 Å². The second-order valence-corrected chi connectivity index (χ2v) is 5.97. The topological polar surface area (TPSA) is 61.8 Å². The highest BCUT2D eigenvalue weighted by atomic mass is 16.5. The van der Waals surface area contributed by atoms with Crippen LogP contribution in [-0.2, 0) is 16.1 Å². The maximum absolute atomic E-state index is 12.4. The molecule has 0 unspecified atom stereocenters. The molecule has 0 atom stereocenters. The van der Waals surface area contributed by atoms with Crippen LogP contribution in [0.1, 0.15) is 40.1 Å². The van der Waals surface area contributed by atoms with Crippen molar-refractivity contribution in [1.29, 1.82) is 0 Å². The highest BCUT2D eigenvalue weighted by Crippen LogP contribution is 2.16. The van der Waals surface area contributed by atoms with Crippen molar-refractivity contribution in [1.82, 2.24) is 0 Å². The molecule has 0 radical (unpaired) electrons. The Morgan fingerprint density at radius 1 is 0.920 bits per heavy atom. The zero-order valence-electron chi connectivity index (χ0n) is 14.7. The van der Waals surface area contributed by atoms with Crippen LogP contribution in [0.25, 0.3) is 0 Å². The van der Waals surface area contributed by atoms with Crippen molar-refractivity contribution in [3.63, 3.8) is 0 Å². The van der Waals surface area contributed by atoms with Crippen molar-refractivity contribution >= 4 is 11.9 Å². The molecule has 0 saturated carbocycles. The van der Waals surface area contributed by atoms with Crippen molar-refractivity contribution in [3.05, 3.63) is 65.2 Å². The van der Waals surface area contributed by atoms with Crippen LogP contribution >= 0.6 is 0 Å². The Balaban J connectivity index is 2.07. The molecule has 0 saturated heterocycles. The first-order valence-electron chi connectivity index (χ1n) is 8.07. The van der Waals surface area contributed by atoms with E-state index in [0.717, 1.165) is 5.56 Å². The fourth-order valence-electron chi connectivity index (χ4n) is 2.15. The van der Waals surface area contributed by atoms with Gasteiger partial charge in [0.15, 0.2) is 0 Å². The molecule has 0 N–H and O–H groups in total. The van der Waals surface area contributed by atoms with E-state index in [1.807, 2.05) is 32.0 Å². The summed E-state index contributed by atoms with van der Waals surface area (Å²) < 4.78 is 15.7. The molecule has 0 fully saturated rings. The van der Waals surface area contributed by atoms with E-state index in [9.17, 15) is 9.59 Å². The lowest BCUT2D eigenvalue weighted by molar-refractivity contribution is 0.0418. The van der Waals surface area contributed by atoms with E-state index in [-0.39, 0.29) is 23.7 Å². The van der Waals surface area contributed by atoms with E-state index in [1.165, 1.54) is 0 Å². The molecule has 132 valence electrons. The molecule has 0 aliphatic rings. The minimum absolute atomic E-state index is 0.0887. The van der Waals surface area contributed by atoms with Gasteiger partial charge in [-0.15, -0.1) is 0 Å². The maximum atomic E-state index is 12.4. The van der Waals surface area contributed by atoms with Gasteiger partial charge in [-0.3, -0.25) is 0 Å². The van der Waals surface area contributed by atoms with Gasteiger partial charge in [-0.1, -0.05) is 38.1 Å². The molecular formula is C20H22O5. The summed E-state index contributed by atoms with van der Waals surface area (Å²) in [7, 11) is 1.57. The minimum Gasteiger partial charge on any atom is -0.497 e. The lowest BCUT2D eigenvalue weighted by Crippen LogP contribution is -2.15. The molecule has 0 aliphatic heterocycles. The number of carbonyl (C=O) groups is 2. The summed E-state index contributed by atoms with van der Waals surface area (Å²) in [6.07, 6.45) is 0. The highest BCUT2D eigenvalue weighted by molar-refractivity contribution is 6.03. The first kappa shape index (κ1) is 18.5. The number of carbonyl (C=O) groups excluding carboxylic acids is 2. The lowest BCUT2D eigenvalue weighted by atomic mass is 10.1. The van der Waals surface area contributed by atoms with Crippen molar-refractivity contribution in [3.8, 4) is 5.75 Å². The predicted octanol–water partition coefficient (Wildman–Crippen LogP) is 3.87. The van der Waals surface area contributed by atoms with Crippen molar-refractivity contribution in [2.75, 3.05) is 13.7 Å². The second-order valence-electron chi connectivity index (χ2n) is 5.97. The third-order valence-corrected chi connectivity index (χ3v) is 3.42. The quantitative estimate of drug-likeness (QED) is 0.715. The van der Waals surface area contributed by atoms with E-state index in [4.69, 9.17) is 14.2 Å². The second kappa shape index (κ2) is 8.87. The Labute approximate surface area is 147 Å². The van der Waals surface area contributed by atoms with Gasteiger partial charge in [-0.05, 0) is 35.7 Å². The molecule has 0 amide bonds. The van der Waals surface area contributed by atoms with Gasteiger partial charge < -0.3 is 14.2 Å². The number of methoxy groups -OCH3 is 1. The molecule has 25 heavy (non-hydrogen) atoms. The van der Waals surface area contributed by atoms with Gasteiger partial charge in [-0.2, -0.15) is 0 Å². The zero-order chi connectivity index (χ0) is 18.2. The van der Waals surface area contributed by atoms with Crippen molar-refractivity contribution in [2.45, 2.75) is 20.5 Å². The average Bonchev–Trinajstić information content (AvgIpc) is 2.64. The molecule has 5 nitrogen and oxygen atoms in total. The predicted molar refractivity (Wildman–Crippen MR) is 93.7 cm³/mol. The number of ether oxygens (including phenoxy) is 3. The van der Waals surface area contributed by atoms with Gasteiger partial charge in [0, 0.05) is 0 Å². The first-order chi connectivity index (χ1) is 12.0. The van der Waals surface area contributed by atoms with Crippen LogP contribution in [0.4, 0.5) is 0 Å². The van der Waals surface area contributed by atoms with Crippen LogP contribution in [0.3, 0.4) is 0 Å². The Morgan fingerprint density at radius 3 is 2.16 bits per heavy atom. The van der Waals surface area contributed by atoms with Crippen LogP contribution in [0.2, 0.25) is 0 Å². The molecule has 5 heteroatoms. The van der Waals surface area contributed by atoms with Gasteiger partial charge in [0.1, 0.15) is 12.4 Å². The third-order valence-electron chi connectivity index (χ3n) is 3.42. The summed E-state index contributed by atoms with van der Waals surface area (Å²) in [5, 5.41) is 0. The number of rotatable bonds is 7. The minimum atomic E-state index is -0.570. The van der Waals surface area contributed by atoms with Crippen LogP contribution in [0.15, 0.2) is 48.5 Å². The summed E-state index contributed by atoms with van der Waals surface area (Å²) in [6, 6.07) is 13.7. The zero-order valence-corrected chi connectivity index (χ0v) is 14.7. The van der Waals surface area contributed by atoms with E-state index in [0.29, 0.717) is 12.4 Å². The molecule has 0 aliphatic carbocycles. The smallest absolute Gasteiger partial charge is 0.339 e. The first-order valence-corrected chi connectivity index (χ1v) is 8.07. The largest absolute Gasteiger partial charge is 0.497 e. The molecule has 0 spiro atoms. The normalized spacial score (nSPS) is 10.4. The average molecular weight is 342 g/mol. The van der Waals surface area contributed by atoms with Crippen molar-refractivity contribution in [2.24, 2.45) is 5.92 Å². The number of hydrogen-bond acceptors (Lipinski definition) is 5. The number of benzene rings is 2. The fraction of sp³-hybridized carbons (Fsp3) is 0.300. The number of esters is 2. The SMILES string of the molecule is COc1cccc(COC(=O)c2ccccc2C(=O)OCC(C)C)c1. The molecule has 0 aromatic heterocycles. The highest BCUT2D eigenvalue weighted by Gasteiger charge is 2.19. The van der Waals surface area contributed by atoms with Gasteiger partial charge in [0.05, 0.1) is 24.8 Å². The number of hydrogen-bond donors (Lipinski definition) is 0. The molecule has 2 aromatic rings. The van der Waals surface area contributed by atoms with Gasteiger partial charge in [-0.25, -0.2) is 9.59 Å². The molecular weight excluding hydrogens is 320 g/mol. The Hall–Kier alpha value is -2.82. The Kier molecular flexibility index (Phi) is 6.57. The molecule has 0 heterocycles. The Morgan fingerprint density at radius 2 is 1.56 bits per heavy atom. The maximum Gasteiger partial charge on any atom is 0.339 e. The fourth-order valence-corrected chi connectivity index (χ4v) is 2.15. The Bertz CT molecular complexity index is 736. The van der Waals surface area contributed by atoms with E-state index < -0.39 is 11.9 Å². The van der Waals surface area contributed by atoms with Crippen LogP contribution in [-0.4, -0.2) is 25.7 Å². The third kappa shape index (κ3) is 5.35. The summed E-state index contributed by atoms with van der Waals surface area (Å²) in [6.45, 7) is 4.28. The van der Waals surface area contributed by atoms with Gasteiger partial charge in [0.25, 0.3) is 0 Å². The summed E-state index contributed by atoms with van der Waals surface area (Å²) in [4.78, 5) is 24.6.